The van der Waals surface area contributed by atoms with Crippen molar-refractivity contribution < 1.29 is 19.4 Å². The van der Waals surface area contributed by atoms with Crippen molar-refractivity contribution in [1.82, 2.24) is 9.80 Å². The Hall–Kier alpha value is -1.14. The van der Waals surface area contributed by atoms with E-state index in [4.69, 9.17) is 4.74 Å². The zero-order valence-corrected chi connectivity index (χ0v) is 37.1. The fourth-order valence-corrected chi connectivity index (χ4v) is 7.83. The van der Waals surface area contributed by atoms with Gasteiger partial charge >= 0.3 is 5.97 Å². The number of aliphatic hydroxyl groups is 1. The highest BCUT2D eigenvalue weighted by atomic mass is 16.5. The summed E-state index contributed by atoms with van der Waals surface area (Å²) in [7, 11) is 0. The lowest BCUT2D eigenvalue weighted by Crippen LogP contribution is -2.31. The fraction of sp³-hybridized carbons (Fsp3) is 0.958. The van der Waals surface area contributed by atoms with E-state index >= 15 is 0 Å². The first-order chi connectivity index (χ1) is 26.5. The summed E-state index contributed by atoms with van der Waals surface area (Å²) in [5, 5.41) is 9.47. The molecule has 0 saturated carbocycles. The van der Waals surface area contributed by atoms with Crippen LogP contribution in [-0.4, -0.2) is 72.7 Å². The van der Waals surface area contributed by atoms with Gasteiger partial charge in [0.05, 0.1) is 13.2 Å². The lowest BCUT2D eigenvalue weighted by atomic mass is 9.95. The van der Waals surface area contributed by atoms with E-state index in [9.17, 15) is 14.7 Å². The van der Waals surface area contributed by atoms with Gasteiger partial charge in [-0.1, -0.05) is 181 Å². The summed E-state index contributed by atoms with van der Waals surface area (Å²) in [6.45, 7) is 14.5. The summed E-state index contributed by atoms with van der Waals surface area (Å²) < 4.78 is 5.78. The molecule has 0 aliphatic rings. The third-order valence-corrected chi connectivity index (χ3v) is 11.6. The fourth-order valence-electron chi connectivity index (χ4n) is 7.83. The normalized spacial score (nSPS) is 12.1. The number of unbranched alkanes of at least 4 members (excludes halogenated alkanes) is 25. The molecule has 54 heavy (non-hydrogen) atoms. The zero-order chi connectivity index (χ0) is 39.6. The number of esters is 1. The number of aliphatic hydroxyl groups excluding tert-OH is 1. The van der Waals surface area contributed by atoms with Crippen molar-refractivity contribution in [3.05, 3.63) is 0 Å². The summed E-state index contributed by atoms with van der Waals surface area (Å²) >= 11 is 0. The Bertz CT molecular complexity index is 778. The van der Waals surface area contributed by atoms with Crippen LogP contribution in [0.2, 0.25) is 0 Å². The van der Waals surface area contributed by atoms with Crippen LogP contribution in [-0.2, 0) is 14.3 Å². The minimum absolute atomic E-state index is 0.00979. The first-order valence-electron chi connectivity index (χ1n) is 24.3. The number of nitrogens with zero attached hydrogens (tertiary/aromatic N) is 2. The Labute approximate surface area is 338 Å². The Morgan fingerprint density at radius 3 is 1.31 bits per heavy atom. The first-order valence-corrected chi connectivity index (χ1v) is 24.3. The number of carbonyl (C=O) groups excluding carboxylic acids is 2. The third kappa shape index (κ3) is 36.5. The second-order valence-electron chi connectivity index (χ2n) is 16.7. The van der Waals surface area contributed by atoms with Crippen LogP contribution >= 0.6 is 0 Å². The number of carbonyl (C=O) groups is 2. The molecule has 0 rings (SSSR count). The number of amides is 1. The van der Waals surface area contributed by atoms with Gasteiger partial charge in [0.25, 0.3) is 0 Å². The highest BCUT2D eigenvalue weighted by Gasteiger charge is 2.13. The molecule has 0 aliphatic heterocycles. The number of rotatable bonds is 44. The number of hydrogen-bond donors (Lipinski definition) is 1. The molecule has 6 heteroatoms. The average Bonchev–Trinajstić information content (AvgIpc) is 3.17. The summed E-state index contributed by atoms with van der Waals surface area (Å²) in [4.78, 5) is 29.8. The van der Waals surface area contributed by atoms with Crippen molar-refractivity contribution in [1.29, 1.82) is 0 Å². The molecule has 1 unspecified atom stereocenters. The SMILES string of the molecule is CCCCCCCCCCN(CCO)CCCCCCCCCC(=O)N(CC)CCCCCCCC(=O)OCC(CCCCCC)CCCCCCCC. The number of ether oxygens (including phenoxy) is 1. The average molecular weight is 765 g/mol. The van der Waals surface area contributed by atoms with Gasteiger partial charge in [0.1, 0.15) is 0 Å². The van der Waals surface area contributed by atoms with Gasteiger partial charge in [0, 0.05) is 32.5 Å². The largest absolute Gasteiger partial charge is 0.465 e. The predicted molar refractivity (Wildman–Crippen MR) is 234 cm³/mol. The molecule has 0 aromatic heterocycles. The van der Waals surface area contributed by atoms with Gasteiger partial charge in [-0.3, -0.25) is 9.59 Å². The topological polar surface area (TPSA) is 70.1 Å². The molecule has 0 saturated heterocycles. The molecule has 0 aromatic rings. The maximum Gasteiger partial charge on any atom is 0.305 e. The minimum Gasteiger partial charge on any atom is -0.465 e. The van der Waals surface area contributed by atoms with Crippen LogP contribution in [0.4, 0.5) is 0 Å². The van der Waals surface area contributed by atoms with Crippen molar-refractivity contribution in [2.45, 2.75) is 246 Å². The van der Waals surface area contributed by atoms with Crippen LogP contribution in [0.15, 0.2) is 0 Å². The molecule has 0 aliphatic carbocycles. The highest BCUT2D eigenvalue weighted by Crippen LogP contribution is 2.20. The summed E-state index contributed by atoms with van der Waals surface area (Å²) in [5.41, 5.74) is 0. The summed E-state index contributed by atoms with van der Waals surface area (Å²) in [6.07, 6.45) is 41.2. The molecule has 0 aromatic carbocycles. The van der Waals surface area contributed by atoms with Crippen molar-refractivity contribution >= 4 is 11.9 Å². The van der Waals surface area contributed by atoms with Gasteiger partial charge in [-0.05, 0) is 70.9 Å². The molecular formula is C48H96N2O4. The molecule has 0 spiro atoms. The van der Waals surface area contributed by atoms with Crippen LogP contribution in [0.3, 0.4) is 0 Å². The molecular weight excluding hydrogens is 669 g/mol. The van der Waals surface area contributed by atoms with Gasteiger partial charge in [-0.2, -0.15) is 0 Å². The molecule has 0 heterocycles. The Kier molecular flexibility index (Phi) is 42.1. The number of hydrogen-bond acceptors (Lipinski definition) is 5. The maximum atomic E-state index is 12.8. The monoisotopic (exact) mass is 765 g/mol. The van der Waals surface area contributed by atoms with E-state index < -0.39 is 0 Å². The van der Waals surface area contributed by atoms with Crippen LogP contribution in [0.5, 0.6) is 0 Å². The van der Waals surface area contributed by atoms with Crippen molar-refractivity contribution in [2.24, 2.45) is 5.92 Å². The molecule has 0 bridgehead atoms. The Morgan fingerprint density at radius 1 is 0.463 bits per heavy atom. The van der Waals surface area contributed by atoms with E-state index in [2.05, 4.69) is 32.6 Å². The lowest BCUT2D eigenvalue weighted by Gasteiger charge is -2.21. The van der Waals surface area contributed by atoms with Crippen LogP contribution in [0.1, 0.15) is 246 Å². The summed E-state index contributed by atoms with van der Waals surface area (Å²) in [5.74, 6) is 0.844. The lowest BCUT2D eigenvalue weighted by molar-refractivity contribution is -0.145. The van der Waals surface area contributed by atoms with Crippen molar-refractivity contribution in [3.8, 4) is 0 Å². The first kappa shape index (κ1) is 52.9. The second kappa shape index (κ2) is 43.0. The van der Waals surface area contributed by atoms with Crippen LogP contribution < -0.4 is 0 Å². The summed E-state index contributed by atoms with van der Waals surface area (Å²) in [6, 6.07) is 0. The molecule has 1 N–H and O–H groups in total. The van der Waals surface area contributed by atoms with Crippen molar-refractivity contribution in [3.63, 3.8) is 0 Å². The Morgan fingerprint density at radius 2 is 0.852 bits per heavy atom. The van der Waals surface area contributed by atoms with Gasteiger partial charge in [-0.25, -0.2) is 0 Å². The van der Waals surface area contributed by atoms with Crippen LogP contribution in [0, 0.1) is 5.92 Å². The zero-order valence-electron chi connectivity index (χ0n) is 37.1. The van der Waals surface area contributed by atoms with E-state index in [1.165, 1.54) is 161 Å². The molecule has 0 fully saturated rings. The van der Waals surface area contributed by atoms with E-state index in [-0.39, 0.29) is 12.6 Å². The smallest absolute Gasteiger partial charge is 0.305 e. The standard InChI is InChI=1S/C48H96N2O4/c1-5-9-12-15-17-20-26-33-40-49(43-44-51)41-34-27-21-18-19-24-31-38-47(52)50(8-4)42-35-28-22-25-32-39-48(53)54-45-46(36-29-14-11-7-3)37-30-23-16-13-10-6-2/h46,51H,5-45H2,1-4H3. The molecule has 0 radical (unpaired) electrons. The van der Waals surface area contributed by atoms with Gasteiger partial charge in [-0.15, -0.1) is 0 Å². The van der Waals surface area contributed by atoms with Crippen LogP contribution in [0.25, 0.3) is 0 Å². The molecule has 6 nitrogen and oxygen atoms in total. The molecule has 1 amide bonds. The quantitative estimate of drug-likeness (QED) is 0.0494. The predicted octanol–water partition coefficient (Wildman–Crippen LogP) is 13.6. The van der Waals surface area contributed by atoms with E-state index in [0.717, 1.165) is 77.7 Å². The van der Waals surface area contributed by atoms with E-state index in [1.807, 2.05) is 4.90 Å². The molecule has 1 atom stereocenters. The Balaban J connectivity index is 3.91. The van der Waals surface area contributed by atoms with E-state index in [0.29, 0.717) is 31.3 Å². The van der Waals surface area contributed by atoms with Crippen molar-refractivity contribution in [2.75, 3.05) is 45.9 Å². The third-order valence-electron chi connectivity index (χ3n) is 11.6. The highest BCUT2D eigenvalue weighted by molar-refractivity contribution is 5.76. The maximum absolute atomic E-state index is 12.8. The second-order valence-corrected chi connectivity index (χ2v) is 16.7. The van der Waals surface area contributed by atoms with Gasteiger partial charge < -0.3 is 19.6 Å². The van der Waals surface area contributed by atoms with Gasteiger partial charge in [0.15, 0.2) is 0 Å². The van der Waals surface area contributed by atoms with E-state index in [1.54, 1.807) is 0 Å². The minimum atomic E-state index is -0.00979. The molecule has 322 valence electrons. The van der Waals surface area contributed by atoms with Gasteiger partial charge in [0.2, 0.25) is 5.91 Å².